The van der Waals surface area contributed by atoms with E-state index in [4.69, 9.17) is 0 Å². The van der Waals surface area contributed by atoms with Crippen LogP contribution >= 0.6 is 23.7 Å². The highest BCUT2D eigenvalue weighted by molar-refractivity contribution is 7.14. The lowest BCUT2D eigenvalue weighted by molar-refractivity contribution is 0.0708. The number of fused-ring (bicyclic) bond motifs is 1. The molecule has 1 aromatic heterocycles. The van der Waals surface area contributed by atoms with Crippen LogP contribution in [0.2, 0.25) is 0 Å². The molecule has 3 nitrogen and oxygen atoms in total. The van der Waals surface area contributed by atoms with Crippen molar-refractivity contribution in [1.29, 1.82) is 0 Å². The lowest BCUT2D eigenvalue weighted by atomic mass is 9.99. The third-order valence-corrected chi connectivity index (χ3v) is 5.61. The quantitative estimate of drug-likeness (QED) is 0.910. The molecule has 1 aromatic rings. The molecular weight excluding hydrogens is 292 g/mol. The summed E-state index contributed by atoms with van der Waals surface area (Å²) in [5.74, 6) is 0.228. The standard InChI is InChI=1S/C15H22N2OS.ClH/c1-17(12-6-8-16-9-7-12)15(18)14-10-11-4-2-3-5-13(11)19-14;/h10,12,16H,2-9H2,1H3;1H. The molecule has 0 unspecified atom stereocenters. The number of halogens is 1. The van der Waals surface area contributed by atoms with Crippen molar-refractivity contribution in [3.63, 3.8) is 0 Å². The molecule has 0 bridgehead atoms. The smallest absolute Gasteiger partial charge is 0.263 e. The van der Waals surface area contributed by atoms with E-state index in [2.05, 4.69) is 11.4 Å². The van der Waals surface area contributed by atoms with Gasteiger partial charge in [0, 0.05) is 18.0 Å². The Balaban J connectivity index is 0.00000147. The maximum absolute atomic E-state index is 12.6. The van der Waals surface area contributed by atoms with Gasteiger partial charge in [0.25, 0.3) is 5.91 Å². The maximum Gasteiger partial charge on any atom is 0.263 e. The van der Waals surface area contributed by atoms with Crippen molar-refractivity contribution >= 4 is 29.7 Å². The summed E-state index contributed by atoms with van der Waals surface area (Å²) in [6.07, 6.45) is 7.05. The SMILES string of the molecule is CN(C(=O)c1cc2c(s1)CCCC2)C1CCNCC1.Cl. The van der Waals surface area contributed by atoms with E-state index in [9.17, 15) is 4.79 Å². The molecule has 112 valence electrons. The molecule has 3 rings (SSSR count). The number of nitrogens with one attached hydrogen (secondary N) is 1. The lowest BCUT2D eigenvalue weighted by Crippen LogP contribution is -2.43. The number of nitrogens with zero attached hydrogens (tertiary/aromatic N) is 1. The van der Waals surface area contributed by atoms with Gasteiger partial charge < -0.3 is 10.2 Å². The zero-order valence-electron chi connectivity index (χ0n) is 12.0. The van der Waals surface area contributed by atoms with E-state index < -0.39 is 0 Å². The number of carbonyl (C=O) groups is 1. The molecule has 1 aliphatic carbocycles. The maximum atomic E-state index is 12.6. The fraction of sp³-hybridized carbons (Fsp3) is 0.667. The van der Waals surface area contributed by atoms with Gasteiger partial charge in [0.1, 0.15) is 0 Å². The average Bonchev–Trinajstić information content (AvgIpc) is 2.90. The van der Waals surface area contributed by atoms with E-state index >= 15 is 0 Å². The minimum Gasteiger partial charge on any atom is -0.338 e. The first-order valence-corrected chi connectivity index (χ1v) is 8.17. The highest BCUT2D eigenvalue weighted by Crippen LogP contribution is 2.30. The summed E-state index contributed by atoms with van der Waals surface area (Å²) in [6.45, 7) is 2.06. The van der Waals surface area contributed by atoms with Crippen LogP contribution in [-0.2, 0) is 12.8 Å². The number of piperidine rings is 1. The first-order valence-electron chi connectivity index (χ1n) is 7.35. The Labute approximate surface area is 131 Å². The second-order valence-corrected chi connectivity index (χ2v) is 6.80. The number of hydrogen-bond donors (Lipinski definition) is 1. The Morgan fingerprint density at radius 3 is 2.70 bits per heavy atom. The first kappa shape index (κ1) is 15.8. The molecule has 2 aliphatic rings. The molecule has 0 spiro atoms. The van der Waals surface area contributed by atoms with Gasteiger partial charge in [-0.25, -0.2) is 0 Å². The molecule has 0 saturated carbocycles. The minimum atomic E-state index is 0. The summed E-state index contributed by atoms with van der Waals surface area (Å²) < 4.78 is 0. The van der Waals surface area contributed by atoms with Crippen LogP contribution < -0.4 is 5.32 Å². The second-order valence-electron chi connectivity index (χ2n) is 5.66. The molecule has 0 atom stereocenters. The molecule has 1 aliphatic heterocycles. The molecule has 0 aromatic carbocycles. The summed E-state index contributed by atoms with van der Waals surface area (Å²) in [4.78, 5) is 17.0. The molecule has 1 amide bonds. The van der Waals surface area contributed by atoms with E-state index in [1.807, 2.05) is 11.9 Å². The van der Waals surface area contributed by atoms with E-state index in [0.717, 1.165) is 37.2 Å². The molecular formula is C15H23ClN2OS. The van der Waals surface area contributed by atoms with E-state index in [0.29, 0.717) is 6.04 Å². The van der Waals surface area contributed by atoms with Crippen LogP contribution in [0.15, 0.2) is 6.07 Å². The molecule has 1 N–H and O–H groups in total. The predicted molar refractivity (Wildman–Crippen MR) is 86.2 cm³/mol. The number of rotatable bonds is 2. The Morgan fingerprint density at radius 1 is 1.30 bits per heavy atom. The van der Waals surface area contributed by atoms with Gasteiger partial charge in [-0.1, -0.05) is 0 Å². The zero-order chi connectivity index (χ0) is 13.2. The van der Waals surface area contributed by atoms with Crippen LogP contribution in [0.25, 0.3) is 0 Å². The fourth-order valence-electron chi connectivity index (χ4n) is 3.13. The van der Waals surface area contributed by atoms with Gasteiger partial charge in [0.2, 0.25) is 0 Å². The Bertz CT molecular complexity index is 445. The summed E-state index contributed by atoms with van der Waals surface area (Å²) in [5, 5.41) is 3.35. The van der Waals surface area contributed by atoms with Gasteiger partial charge in [0.15, 0.2) is 0 Å². The van der Waals surface area contributed by atoms with Crippen molar-refractivity contribution in [2.75, 3.05) is 20.1 Å². The van der Waals surface area contributed by atoms with Crippen LogP contribution in [0.4, 0.5) is 0 Å². The number of thiophene rings is 1. The Morgan fingerprint density at radius 2 is 2.00 bits per heavy atom. The summed E-state index contributed by atoms with van der Waals surface area (Å²) in [6, 6.07) is 2.56. The predicted octanol–water partition coefficient (Wildman–Crippen LogP) is 2.87. The summed E-state index contributed by atoms with van der Waals surface area (Å²) >= 11 is 1.73. The van der Waals surface area contributed by atoms with Crippen molar-refractivity contribution in [2.24, 2.45) is 0 Å². The number of hydrogen-bond acceptors (Lipinski definition) is 3. The second kappa shape index (κ2) is 6.92. The van der Waals surface area contributed by atoms with Crippen molar-refractivity contribution in [2.45, 2.75) is 44.6 Å². The Kier molecular flexibility index (Phi) is 5.47. The first-order chi connectivity index (χ1) is 9.25. The highest BCUT2D eigenvalue weighted by Gasteiger charge is 2.25. The molecule has 0 radical (unpaired) electrons. The number of amides is 1. The molecule has 2 heterocycles. The van der Waals surface area contributed by atoms with Crippen LogP contribution in [0.1, 0.15) is 45.8 Å². The van der Waals surface area contributed by atoms with Crippen LogP contribution in [-0.4, -0.2) is 37.0 Å². The van der Waals surface area contributed by atoms with Gasteiger partial charge in [0.05, 0.1) is 4.88 Å². The molecule has 20 heavy (non-hydrogen) atoms. The van der Waals surface area contributed by atoms with Crippen LogP contribution in [0, 0.1) is 0 Å². The van der Waals surface area contributed by atoms with Gasteiger partial charge in [-0.05, 0) is 63.2 Å². The molecule has 1 fully saturated rings. The highest BCUT2D eigenvalue weighted by atomic mass is 35.5. The third kappa shape index (κ3) is 3.18. The normalized spacial score (nSPS) is 19.1. The van der Waals surface area contributed by atoms with Gasteiger partial charge in [-0.2, -0.15) is 0 Å². The largest absolute Gasteiger partial charge is 0.338 e. The van der Waals surface area contributed by atoms with Crippen molar-refractivity contribution in [1.82, 2.24) is 10.2 Å². The lowest BCUT2D eigenvalue weighted by Gasteiger charge is -2.31. The number of aryl methyl sites for hydroxylation is 2. The topological polar surface area (TPSA) is 32.3 Å². The van der Waals surface area contributed by atoms with Gasteiger partial charge >= 0.3 is 0 Å². The molecule has 1 saturated heterocycles. The van der Waals surface area contributed by atoms with Gasteiger partial charge in [-0.15, -0.1) is 23.7 Å². The summed E-state index contributed by atoms with van der Waals surface area (Å²) in [5.41, 5.74) is 1.43. The zero-order valence-corrected chi connectivity index (χ0v) is 13.6. The van der Waals surface area contributed by atoms with E-state index in [1.54, 1.807) is 11.3 Å². The van der Waals surface area contributed by atoms with Gasteiger partial charge in [-0.3, -0.25) is 4.79 Å². The van der Waals surface area contributed by atoms with Crippen LogP contribution in [0.5, 0.6) is 0 Å². The van der Waals surface area contributed by atoms with Crippen molar-refractivity contribution in [3.05, 3.63) is 21.4 Å². The van der Waals surface area contributed by atoms with Crippen molar-refractivity contribution < 1.29 is 4.79 Å². The number of carbonyl (C=O) groups excluding carboxylic acids is 1. The minimum absolute atomic E-state index is 0. The van der Waals surface area contributed by atoms with Crippen LogP contribution in [0.3, 0.4) is 0 Å². The van der Waals surface area contributed by atoms with Crippen molar-refractivity contribution in [3.8, 4) is 0 Å². The Hall–Kier alpha value is -0.580. The van der Waals surface area contributed by atoms with E-state index in [1.165, 1.54) is 29.7 Å². The monoisotopic (exact) mass is 314 g/mol. The van der Waals surface area contributed by atoms with E-state index in [-0.39, 0.29) is 18.3 Å². The third-order valence-electron chi connectivity index (χ3n) is 4.38. The molecule has 5 heteroatoms. The summed E-state index contributed by atoms with van der Waals surface area (Å²) in [7, 11) is 1.97. The fourth-order valence-corrected chi connectivity index (χ4v) is 4.37. The average molecular weight is 315 g/mol.